The van der Waals surface area contributed by atoms with Crippen LogP contribution in [-0.2, 0) is 0 Å². The molecule has 0 radical (unpaired) electrons. The van der Waals surface area contributed by atoms with Gasteiger partial charge in [0.05, 0.1) is 22.7 Å². The van der Waals surface area contributed by atoms with Crippen LogP contribution < -0.4 is 10.2 Å². The van der Waals surface area contributed by atoms with Crippen LogP contribution in [0.5, 0.6) is 0 Å². The summed E-state index contributed by atoms with van der Waals surface area (Å²) in [4.78, 5) is 18.6. The molecule has 0 amide bonds. The lowest BCUT2D eigenvalue weighted by Crippen LogP contribution is -2.25. The maximum Gasteiger partial charge on any atom is 0.278 e. The van der Waals surface area contributed by atoms with E-state index < -0.39 is 0 Å². The molecule has 0 saturated heterocycles. The van der Waals surface area contributed by atoms with Gasteiger partial charge in [-0.2, -0.15) is 0 Å². The van der Waals surface area contributed by atoms with Crippen LogP contribution in [0.25, 0.3) is 0 Å². The summed E-state index contributed by atoms with van der Waals surface area (Å²) in [5, 5.41) is 14.9. The largest absolute Gasteiger partial charge is 0.378 e. The van der Waals surface area contributed by atoms with Crippen LogP contribution in [0.1, 0.15) is 37.8 Å². The predicted octanol–water partition coefficient (Wildman–Crippen LogP) is 4.81. The fourth-order valence-electron chi connectivity index (χ4n) is 3.42. The first kappa shape index (κ1) is 19.9. The highest BCUT2D eigenvalue weighted by Crippen LogP contribution is 2.31. The quantitative estimate of drug-likeness (QED) is 0.413. The van der Waals surface area contributed by atoms with Gasteiger partial charge < -0.3 is 10.2 Å². The summed E-state index contributed by atoms with van der Waals surface area (Å²) in [5.41, 5.74) is 3.86. The fraction of sp³-hybridized carbons (Fsp3) is 0.333. The summed E-state index contributed by atoms with van der Waals surface area (Å²) in [6, 6.07) is 12.9. The standard InChI is InChI=1S/C21H24N4O2S/c1-3-11-24(12-4-2)15-9-10-18-17(13-15)21(23-20(28)14-22-18)16-7-5-6-8-19(16)25(26)27/h5-10,13,22H,3-4,11-12,14H2,1-2H3. The molecule has 0 saturated carbocycles. The lowest BCUT2D eigenvalue weighted by atomic mass is 9.98. The molecule has 0 aromatic heterocycles. The Morgan fingerprint density at radius 1 is 1.14 bits per heavy atom. The van der Waals surface area contributed by atoms with E-state index in [0.29, 0.717) is 22.8 Å². The number of hydrogen-bond donors (Lipinski definition) is 1. The number of nitrogens with one attached hydrogen (secondary N) is 1. The van der Waals surface area contributed by atoms with Crippen LogP contribution in [-0.4, -0.2) is 35.3 Å². The van der Waals surface area contributed by atoms with Crippen molar-refractivity contribution < 1.29 is 4.92 Å². The van der Waals surface area contributed by atoms with Crippen LogP contribution in [0.4, 0.5) is 17.1 Å². The highest BCUT2D eigenvalue weighted by Gasteiger charge is 2.24. The van der Waals surface area contributed by atoms with Gasteiger partial charge in [-0.3, -0.25) is 10.1 Å². The highest BCUT2D eigenvalue weighted by molar-refractivity contribution is 7.80. The Balaban J connectivity index is 2.17. The molecule has 1 aliphatic rings. The number of nitro benzene ring substituents is 1. The van der Waals surface area contributed by atoms with Crippen LogP contribution in [0.15, 0.2) is 47.5 Å². The number of fused-ring (bicyclic) bond motifs is 1. The monoisotopic (exact) mass is 396 g/mol. The summed E-state index contributed by atoms with van der Waals surface area (Å²) in [6.07, 6.45) is 2.09. The second kappa shape index (κ2) is 8.93. The Morgan fingerprint density at radius 3 is 2.54 bits per heavy atom. The molecule has 1 heterocycles. The number of hydrogen-bond acceptors (Lipinski definition) is 5. The molecule has 28 heavy (non-hydrogen) atoms. The second-order valence-electron chi connectivity index (χ2n) is 6.70. The first-order valence-electron chi connectivity index (χ1n) is 9.53. The van der Waals surface area contributed by atoms with Crippen LogP contribution >= 0.6 is 12.2 Å². The van der Waals surface area contributed by atoms with Crippen molar-refractivity contribution >= 4 is 40.0 Å². The molecule has 3 rings (SSSR count). The predicted molar refractivity (Wildman–Crippen MR) is 119 cm³/mol. The molecule has 0 fully saturated rings. The SMILES string of the molecule is CCCN(CCC)c1ccc2c(c1)C(c1ccccc1[N+](=O)[O-])=NC(=S)CN2. The first-order valence-corrected chi connectivity index (χ1v) is 9.94. The van der Waals surface area contributed by atoms with E-state index in [9.17, 15) is 10.1 Å². The van der Waals surface area contributed by atoms with Crippen molar-refractivity contribution in [3.05, 3.63) is 63.7 Å². The third-order valence-electron chi connectivity index (χ3n) is 4.63. The molecule has 0 atom stereocenters. The van der Waals surface area contributed by atoms with Gasteiger partial charge in [-0.1, -0.05) is 38.2 Å². The lowest BCUT2D eigenvalue weighted by molar-refractivity contribution is -0.385. The van der Waals surface area contributed by atoms with E-state index >= 15 is 0 Å². The van der Waals surface area contributed by atoms with Crippen molar-refractivity contribution in [2.24, 2.45) is 4.99 Å². The summed E-state index contributed by atoms with van der Waals surface area (Å²) < 4.78 is 0. The molecule has 1 aliphatic heterocycles. The maximum absolute atomic E-state index is 11.6. The van der Waals surface area contributed by atoms with E-state index in [1.54, 1.807) is 18.2 Å². The molecule has 6 nitrogen and oxygen atoms in total. The third kappa shape index (κ3) is 4.20. The van der Waals surface area contributed by atoms with Crippen molar-refractivity contribution in [2.45, 2.75) is 26.7 Å². The van der Waals surface area contributed by atoms with Gasteiger partial charge in [0, 0.05) is 36.1 Å². The Bertz CT molecular complexity index is 920. The average Bonchev–Trinajstić information content (AvgIpc) is 2.86. The molecule has 2 aromatic carbocycles. The number of benzodiazepines with no additional fused rings is 1. The molecule has 7 heteroatoms. The Kier molecular flexibility index (Phi) is 6.36. The minimum absolute atomic E-state index is 0.0290. The van der Waals surface area contributed by atoms with Gasteiger partial charge in [0.2, 0.25) is 0 Å². The molecular formula is C21H24N4O2S. The normalized spacial score (nSPS) is 13.2. The van der Waals surface area contributed by atoms with Crippen molar-refractivity contribution in [1.82, 2.24) is 0 Å². The first-order chi connectivity index (χ1) is 13.5. The number of anilines is 2. The minimum atomic E-state index is -0.372. The fourth-order valence-corrected chi connectivity index (χ4v) is 3.59. The second-order valence-corrected chi connectivity index (χ2v) is 7.17. The molecule has 0 spiro atoms. The molecule has 146 valence electrons. The minimum Gasteiger partial charge on any atom is -0.378 e. The van der Waals surface area contributed by atoms with E-state index in [1.165, 1.54) is 6.07 Å². The summed E-state index contributed by atoms with van der Waals surface area (Å²) in [6.45, 7) is 6.66. The number of nitrogens with zero attached hydrogens (tertiary/aromatic N) is 3. The number of benzene rings is 2. The van der Waals surface area contributed by atoms with Crippen molar-refractivity contribution in [3.63, 3.8) is 0 Å². The summed E-state index contributed by atoms with van der Waals surface area (Å²) in [7, 11) is 0. The summed E-state index contributed by atoms with van der Waals surface area (Å²) >= 11 is 5.36. The van der Waals surface area contributed by atoms with Gasteiger partial charge in [0.1, 0.15) is 4.99 Å². The number of para-hydroxylation sites is 1. The number of aliphatic imine (C=N–C) groups is 1. The zero-order valence-electron chi connectivity index (χ0n) is 16.1. The molecule has 0 aliphatic carbocycles. The highest BCUT2D eigenvalue weighted by atomic mass is 32.1. The van der Waals surface area contributed by atoms with Gasteiger partial charge in [0.25, 0.3) is 5.69 Å². The Morgan fingerprint density at radius 2 is 1.86 bits per heavy atom. The topological polar surface area (TPSA) is 70.8 Å². The Labute approximate surface area is 170 Å². The third-order valence-corrected chi connectivity index (χ3v) is 4.87. The van der Waals surface area contributed by atoms with E-state index in [0.717, 1.165) is 42.9 Å². The van der Waals surface area contributed by atoms with Crippen molar-refractivity contribution in [1.29, 1.82) is 0 Å². The van der Waals surface area contributed by atoms with Crippen LogP contribution in [0.3, 0.4) is 0 Å². The lowest BCUT2D eigenvalue weighted by Gasteiger charge is -2.25. The molecule has 0 unspecified atom stereocenters. The van der Waals surface area contributed by atoms with Gasteiger partial charge in [-0.15, -0.1) is 0 Å². The van der Waals surface area contributed by atoms with Gasteiger partial charge in [0.15, 0.2) is 0 Å². The maximum atomic E-state index is 11.6. The number of rotatable bonds is 7. The van der Waals surface area contributed by atoms with Gasteiger partial charge in [-0.25, -0.2) is 4.99 Å². The van der Waals surface area contributed by atoms with Gasteiger partial charge in [-0.05, 0) is 37.1 Å². The smallest absolute Gasteiger partial charge is 0.278 e. The van der Waals surface area contributed by atoms with Crippen LogP contribution in [0, 0.1) is 10.1 Å². The molecule has 0 bridgehead atoms. The number of thiocarbonyl (C=S) groups is 1. The van der Waals surface area contributed by atoms with Gasteiger partial charge >= 0.3 is 0 Å². The van der Waals surface area contributed by atoms with Crippen LogP contribution in [0.2, 0.25) is 0 Å². The zero-order chi connectivity index (χ0) is 20.1. The Hall–Kier alpha value is -2.80. The molecule has 1 N–H and O–H groups in total. The average molecular weight is 397 g/mol. The van der Waals surface area contributed by atoms with E-state index in [2.05, 4.69) is 41.2 Å². The molecule has 2 aromatic rings. The van der Waals surface area contributed by atoms with E-state index in [1.807, 2.05) is 6.07 Å². The summed E-state index contributed by atoms with van der Waals surface area (Å²) in [5.74, 6) is 0. The van der Waals surface area contributed by atoms with E-state index in [-0.39, 0.29) is 10.6 Å². The van der Waals surface area contributed by atoms with E-state index in [4.69, 9.17) is 12.2 Å². The number of nitro groups is 1. The van der Waals surface area contributed by atoms with Crippen molar-refractivity contribution in [3.8, 4) is 0 Å². The zero-order valence-corrected chi connectivity index (χ0v) is 17.0. The molecular weight excluding hydrogens is 372 g/mol. The van der Waals surface area contributed by atoms with Crippen molar-refractivity contribution in [2.75, 3.05) is 29.9 Å².